The summed E-state index contributed by atoms with van der Waals surface area (Å²) < 4.78 is 24.6. The lowest BCUT2D eigenvalue weighted by molar-refractivity contribution is 0.102. The number of benzene rings is 3. The van der Waals surface area contributed by atoms with E-state index in [1.807, 2.05) is 54.6 Å². The fourth-order valence-electron chi connectivity index (χ4n) is 4.84. The number of rotatable bonds is 7. The van der Waals surface area contributed by atoms with Crippen LogP contribution in [0.4, 0.5) is 5.69 Å². The summed E-state index contributed by atoms with van der Waals surface area (Å²) in [6.45, 7) is 3.12. The van der Waals surface area contributed by atoms with E-state index in [0.717, 1.165) is 36.5 Å². The molecule has 5 rings (SSSR count). The number of likely N-dealkylation sites (tertiary alicyclic amines) is 1. The minimum Gasteiger partial charge on any atom is -0.322 e. The number of anilines is 1. The van der Waals surface area contributed by atoms with E-state index >= 15 is 0 Å². The van der Waals surface area contributed by atoms with Gasteiger partial charge < -0.3 is 5.32 Å². The topological polar surface area (TPSA) is 79.4 Å². The Hall–Kier alpha value is -3.81. The van der Waals surface area contributed by atoms with Gasteiger partial charge in [0.15, 0.2) is 9.84 Å². The summed E-state index contributed by atoms with van der Waals surface area (Å²) in [6.07, 6.45) is 6.67. The van der Waals surface area contributed by atoms with Gasteiger partial charge in [0, 0.05) is 35.8 Å². The van der Waals surface area contributed by atoms with E-state index in [1.165, 1.54) is 37.1 Å². The molecule has 7 heteroatoms. The molecule has 0 radical (unpaired) electrons. The van der Waals surface area contributed by atoms with Crippen LogP contribution in [-0.4, -0.2) is 43.6 Å². The number of carbonyl (C=O) groups is 1. The summed E-state index contributed by atoms with van der Waals surface area (Å²) in [5, 5.41) is 2.98. The monoisotopic (exact) mass is 525 g/mol. The van der Waals surface area contributed by atoms with E-state index in [1.54, 1.807) is 18.3 Å². The summed E-state index contributed by atoms with van der Waals surface area (Å²) in [5.74, 6) is -0.310. The first-order chi connectivity index (χ1) is 18.4. The third-order valence-electron chi connectivity index (χ3n) is 6.86. The Bertz CT molecular complexity index is 1530. The maximum Gasteiger partial charge on any atom is 0.256 e. The molecular weight excluding hydrogens is 494 g/mol. The third-order valence-corrected chi connectivity index (χ3v) is 7.97. The zero-order valence-corrected chi connectivity index (χ0v) is 22.2. The first-order valence-corrected chi connectivity index (χ1v) is 14.7. The number of hydrogen-bond acceptors (Lipinski definition) is 5. The first kappa shape index (κ1) is 25.8. The summed E-state index contributed by atoms with van der Waals surface area (Å²) in [6, 6.07) is 25.9. The maximum absolute atomic E-state index is 13.5. The second-order valence-corrected chi connectivity index (χ2v) is 11.8. The average Bonchev–Trinajstić information content (AvgIpc) is 2.94. The molecule has 6 nitrogen and oxygen atoms in total. The predicted molar refractivity (Wildman–Crippen MR) is 152 cm³/mol. The van der Waals surface area contributed by atoms with Gasteiger partial charge in [-0.25, -0.2) is 8.42 Å². The summed E-state index contributed by atoms with van der Waals surface area (Å²) in [7, 11) is -3.44. The summed E-state index contributed by atoms with van der Waals surface area (Å²) in [5.41, 5.74) is 5.32. The van der Waals surface area contributed by atoms with Crippen LogP contribution in [0.3, 0.4) is 0 Å². The molecule has 194 valence electrons. The van der Waals surface area contributed by atoms with Crippen molar-refractivity contribution in [3.05, 3.63) is 102 Å². The van der Waals surface area contributed by atoms with Crippen molar-refractivity contribution in [3.63, 3.8) is 0 Å². The highest BCUT2D eigenvalue weighted by Gasteiger charge is 2.18. The fraction of sp³-hybridized carbons (Fsp3) is 0.226. The normalized spacial score (nSPS) is 14.2. The van der Waals surface area contributed by atoms with Crippen LogP contribution in [0.1, 0.15) is 35.2 Å². The number of hydrogen-bond donors (Lipinski definition) is 1. The van der Waals surface area contributed by atoms with Gasteiger partial charge in [-0.2, -0.15) is 0 Å². The molecule has 1 aromatic heterocycles. The Morgan fingerprint density at radius 1 is 0.868 bits per heavy atom. The van der Waals surface area contributed by atoms with Crippen LogP contribution in [0.15, 0.2) is 96.0 Å². The van der Waals surface area contributed by atoms with E-state index in [2.05, 4.69) is 27.3 Å². The molecule has 0 bridgehead atoms. The predicted octanol–water partition coefficient (Wildman–Crippen LogP) is 6.06. The number of nitrogens with zero attached hydrogens (tertiary/aromatic N) is 2. The molecule has 1 fully saturated rings. The number of nitrogens with one attached hydrogen (secondary N) is 1. The van der Waals surface area contributed by atoms with Crippen LogP contribution in [0.25, 0.3) is 22.4 Å². The molecule has 0 atom stereocenters. The third kappa shape index (κ3) is 6.18. The second-order valence-electron chi connectivity index (χ2n) is 9.76. The van der Waals surface area contributed by atoms with E-state index in [0.29, 0.717) is 16.8 Å². The molecule has 0 spiro atoms. The highest BCUT2D eigenvalue weighted by atomic mass is 32.2. The molecule has 3 aromatic carbocycles. The van der Waals surface area contributed by atoms with Gasteiger partial charge in [0.25, 0.3) is 5.91 Å². The van der Waals surface area contributed by atoms with Crippen molar-refractivity contribution < 1.29 is 13.2 Å². The van der Waals surface area contributed by atoms with Gasteiger partial charge in [0.05, 0.1) is 10.6 Å². The number of pyridine rings is 1. The van der Waals surface area contributed by atoms with Gasteiger partial charge in [-0.15, -0.1) is 0 Å². The standard InChI is InChI=1S/C31H31N3O3S/c1-38(36,37)27-15-16-28(31(35)33-26-9-7-8-25(20-26)30-10-3-4-17-32-30)29(21-27)24-13-11-23(12-14-24)22-34-18-5-2-6-19-34/h3-4,7-17,20-21H,2,5-6,18-19,22H2,1H3,(H,33,35). The van der Waals surface area contributed by atoms with E-state index < -0.39 is 9.84 Å². The van der Waals surface area contributed by atoms with Crippen molar-refractivity contribution >= 4 is 21.4 Å². The minimum atomic E-state index is -3.44. The van der Waals surface area contributed by atoms with E-state index in [9.17, 15) is 13.2 Å². The number of aromatic nitrogens is 1. The Labute approximate surface area is 224 Å². The van der Waals surface area contributed by atoms with Crippen molar-refractivity contribution in [2.45, 2.75) is 30.7 Å². The molecule has 2 heterocycles. The maximum atomic E-state index is 13.5. The molecule has 4 aromatic rings. The van der Waals surface area contributed by atoms with Crippen LogP contribution in [-0.2, 0) is 16.4 Å². The molecule has 1 aliphatic heterocycles. The Balaban J connectivity index is 1.43. The van der Waals surface area contributed by atoms with E-state index in [-0.39, 0.29) is 10.8 Å². The second kappa shape index (κ2) is 11.3. The molecule has 0 saturated carbocycles. The molecule has 1 saturated heterocycles. The van der Waals surface area contributed by atoms with Gasteiger partial charge in [-0.1, -0.05) is 48.9 Å². The van der Waals surface area contributed by atoms with Crippen molar-refractivity contribution in [1.29, 1.82) is 0 Å². The first-order valence-electron chi connectivity index (χ1n) is 12.9. The number of amides is 1. The van der Waals surface area contributed by atoms with Crippen molar-refractivity contribution in [2.75, 3.05) is 24.7 Å². The van der Waals surface area contributed by atoms with Gasteiger partial charge in [-0.3, -0.25) is 14.7 Å². The summed E-state index contributed by atoms with van der Waals surface area (Å²) in [4.78, 5) is 20.5. The Morgan fingerprint density at radius 2 is 1.66 bits per heavy atom. The smallest absolute Gasteiger partial charge is 0.256 e. The number of carbonyl (C=O) groups excluding carboxylic acids is 1. The molecule has 0 aliphatic carbocycles. The lowest BCUT2D eigenvalue weighted by Gasteiger charge is -2.26. The van der Waals surface area contributed by atoms with Crippen molar-refractivity contribution in [1.82, 2.24) is 9.88 Å². The van der Waals surface area contributed by atoms with Crippen LogP contribution in [0.2, 0.25) is 0 Å². The SMILES string of the molecule is CS(=O)(=O)c1ccc(C(=O)Nc2cccc(-c3ccccn3)c2)c(-c2ccc(CN3CCCCC3)cc2)c1. The minimum absolute atomic E-state index is 0.179. The van der Waals surface area contributed by atoms with E-state index in [4.69, 9.17) is 0 Å². The Morgan fingerprint density at radius 3 is 2.37 bits per heavy atom. The molecule has 0 unspecified atom stereocenters. The van der Waals surface area contributed by atoms with Crippen LogP contribution >= 0.6 is 0 Å². The van der Waals surface area contributed by atoms with Crippen LogP contribution in [0.5, 0.6) is 0 Å². The Kier molecular flexibility index (Phi) is 7.67. The lowest BCUT2D eigenvalue weighted by atomic mass is 9.97. The zero-order valence-electron chi connectivity index (χ0n) is 21.4. The molecule has 1 amide bonds. The highest BCUT2D eigenvalue weighted by Crippen LogP contribution is 2.29. The van der Waals surface area contributed by atoms with Crippen molar-refractivity contribution in [2.24, 2.45) is 0 Å². The molecule has 1 aliphatic rings. The molecule has 1 N–H and O–H groups in total. The highest BCUT2D eigenvalue weighted by molar-refractivity contribution is 7.90. The number of piperidine rings is 1. The quantitative estimate of drug-likeness (QED) is 0.317. The lowest BCUT2D eigenvalue weighted by Crippen LogP contribution is -2.29. The van der Waals surface area contributed by atoms with Crippen LogP contribution in [0, 0.1) is 0 Å². The summed E-state index contributed by atoms with van der Waals surface area (Å²) >= 11 is 0. The van der Waals surface area contributed by atoms with Gasteiger partial charge in [0.1, 0.15) is 0 Å². The molecule has 38 heavy (non-hydrogen) atoms. The van der Waals surface area contributed by atoms with Gasteiger partial charge >= 0.3 is 0 Å². The van der Waals surface area contributed by atoms with Crippen LogP contribution < -0.4 is 5.32 Å². The van der Waals surface area contributed by atoms with Crippen molar-refractivity contribution in [3.8, 4) is 22.4 Å². The zero-order chi connectivity index (χ0) is 26.5. The number of sulfone groups is 1. The largest absolute Gasteiger partial charge is 0.322 e. The molecular formula is C31H31N3O3S. The fourth-order valence-corrected chi connectivity index (χ4v) is 5.49. The van der Waals surface area contributed by atoms with Gasteiger partial charge in [0.2, 0.25) is 0 Å². The van der Waals surface area contributed by atoms with Gasteiger partial charge in [-0.05, 0) is 85.1 Å². The average molecular weight is 526 g/mol.